The van der Waals surface area contributed by atoms with Crippen molar-refractivity contribution in [3.8, 4) is 5.75 Å². The van der Waals surface area contributed by atoms with Crippen LogP contribution in [-0.4, -0.2) is 41.8 Å². The number of anilines is 1. The van der Waals surface area contributed by atoms with Gasteiger partial charge >= 0.3 is 5.97 Å². The number of amides is 4. The van der Waals surface area contributed by atoms with Crippen LogP contribution in [0.4, 0.5) is 5.69 Å². The molecule has 1 saturated heterocycles. The van der Waals surface area contributed by atoms with Gasteiger partial charge in [-0.2, -0.15) is 0 Å². The van der Waals surface area contributed by atoms with Crippen LogP contribution >= 0.6 is 0 Å². The molecular weight excluding hydrogens is 332 g/mol. The maximum absolute atomic E-state index is 12.3. The van der Waals surface area contributed by atoms with E-state index in [1.807, 2.05) is 0 Å². The molecule has 3 rings (SSSR count). The highest BCUT2D eigenvalue weighted by Crippen LogP contribution is 2.28. The van der Waals surface area contributed by atoms with Gasteiger partial charge in [0.15, 0.2) is 0 Å². The van der Waals surface area contributed by atoms with E-state index in [9.17, 15) is 24.0 Å². The molecule has 0 atom stereocenters. The summed E-state index contributed by atoms with van der Waals surface area (Å²) < 4.78 is 5.06. The van der Waals surface area contributed by atoms with Crippen LogP contribution in [0.25, 0.3) is 0 Å². The van der Waals surface area contributed by atoms with Crippen LogP contribution < -0.4 is 9.64 Å². The first kappa shape index (κ1) is 16.4. The van der Waals surface area contributed by atoms with Gasteiger partial charge in [0.05, 0.1) is 12.8 Å². The second-order valence-corrected chi connectivity index (χ2v) is 5.19. The lowest BCUT2D eigenvalue weighted by molar-refractivity contribution is -0.172. The Morgan fingerprint density at radius 1 is 1.00 bits per heavy atom. The van der Waals surface area contributed by atoms with E-state index in [-0.39, 0.29) is 29.8 Å². The van der Waals surface area contributed by atoms with Crippen molar-refractivity contribution in [1.29, 1.82) is 0 Å². The Labute approximate surface area is 141 Å². The maximum atomic E-state index is 12.3. The smallest absolute Gasteiger partial charge is 0.367 e. The van der Waals surface area contributed by atoms with Gasteiger partial charge in [0.1, 0.15) is 11.3 Å². The van der Waals surface area contributed by atoms with Crippen LogP contribution in [0.15, 0.2) is 30.4 Å². The highest BCUT2D eigenvalue weighted by Gasteiger charge is 2.34. The third-order valence-electron chi connectivity index (χ3n) is 3.65. The van der Waals surface area contributed by atoms with Gasteiger partial charge in [0.2, 0.25) is 0 Å². The molecule has 0 saturated carbocycles. The minimum Gasteiger partial charge on any atom is -0.496 e. The molecular formula is C16H12N2O7. The molecule has 2 aliphatic rings. The van der Waals surface area contributed by atoms with Crippen LogP contribution in [0.1, 0.15) is 23.2 Å². The molecule has 9 heteroatoms. The second kappa shape index (κ2) is 6.19. The average molecular weight is 344 g/mol. The van der Waals surface area contributed by atoms with Gasteiger partial charge in [-0.1, -0.05) is 0 Å². The standard InChI is InChI=1S/C16H12N2O7/c1-24-11-3-2-9(17-12(19)4-5-13(17)20)8-10(11)16(23)25-18-14(21)6-7-15(18)22/h2-5,8H,6-7H2,1H3. The molecule has 4 amide bonds. The zero-order chi connectivity index (χ0) is 18.1. The number of carbonyl (C=O) groups is 5. The summed E-state index contributed by atoms with van der Waals surface area (Å²) in [5.74, 6) is -3.28. The van der Waals surface area contributed by atoms with Gasteiger partial charge in [-0.15, -0.1) is 5.06 Å². The molecule has 9 nitrogen and oxygen atoms in total. The molecule has 0 spiro atoms. The van der Waals surface area contributed by atoms with Gasteiger partial charge < -0.3 is 9.57 Å². The van der Waals surface area contributed by atoms with Crippen molar-refractivity contribution in [2.75, 3.05) is 12.0 Å². The number of ether oxygens (including phenoxy) is 1. The van der Waals surface area contributed by atoms with Crippen molar-refractivity contribution in [2.24, 2.45) is 0 Å². The zero-order valence-electron chi connectivity index (χ0n) is 13.1. The Morgan fingerprint density at radius 3 is 2.16 bits per heavy atom. The van der Waals surface area contributed by atoms with Crippen LogP contribution in [0.3, 0.4) is 0 Å². The van der Waals surface area contributed by atoms with Crippen LogP contribution in [0.2, 0.25) is 0 Å². The number of nitrogens with zero attached hydrogens (tertiary/aromatic N) is 2. The van der Waals surface area contributed by atoms with E-state index in [1.165, 1.54) is 25.3 Å². The molecule has 1 aromatic carbocycles. The summed E-state index contributed by atoms with van der Waals surface area (Å²) in [6, 6.07) is 4.01. The summed E-state index contributed by atoms with van der Waals surface area (Å²) in [7, 11) is 1.31. The summed E-state index contributed by atoms with van der Waals surface area (Å²) in [6.07, 6.45) is 2.13. The van der Waals surface area contributed by atoms with Crippen molar-refractivity contribution in [2.45, 2.75) is 12.8 Å². The average Bonchev–Trinajstić information content (AvgIpc) is 3.10. The molecule has 0 N–H and O–H groups in total. The number of rotatable bonds is 4. The largest absolute Gasteiger partial charge is 0.496 e. The van der Waals surface area contributed by atoms with Gasteiger partial charge in [-0.3, -0.25) is 19.2 Å². The summed E-state index contributed by atoms with van der Waals surface area (Å²) >= 11 is 0. The Balaban J connectivity index is 1.91. The van der Waals surface area contributed by atoms with E-state index in [0.29, 0.717) is 5.06 Å². The lowest BCUT2D eigenvalue weighted by atomic mass is 10.1. The molecule has 0 aromatic heterocycles. The number of hydrogen-bond donors (Lipinski definition) is 0. The molecule has 25 heavy (non-hydrogen) atoms. The van der Waals surface area contributed by atoms with E-state index in [4.69, 9.17) is 9.57 Å². The second-order valence-electron chi connectivity index (χ2n) is 5.19. The molecule has 0 aliphatic carbocycles. The summed E-state index contributed by atoms with van der Waals surface area (Å²) in [5.41, 5.74) is -0.00757. The van der Waals surface area contributed by atoms with Gasteiger partial charge in [0, 0.05) is 25.0 Å². The number of hydrogen-bond acceptors (Lipinski definition) is 7. The number of benzene rings is 1. The zero-order valence-corrected chi connectivity index (χ0v) is 13.1. The number of imide groups is 2. The van der Waals surface area contributed by atoms with Gasteiger partial charge in [-0.25, -0.2) is 9.69 Å². The van der Waals surface area contributed by atoms with Crippen molar-refractivity contribution < 1.29 is 33.5 Å². The number of carbonyl (C=O) groups excluding carboxylic acids is 5. The summed E-state index contributed by atoms with van der Waals surface area (Å²) in [6.45, 7) is 0. The third kappa shape index (κ3) is 2.87. The van der Waals surface area contributed by atoms with Crippen molar-refractivity contribution in [1.82, 2.24) is 5.06 Å². The Hall–Kier alpha value is -3.49. The van der Waals surface area contributed by atoms with Crippen molar-refractivity contribution >= 4 is 35.3 Å². The van der Waals surface area contributed by atoms with Crippen molar-refractivity contribution in [3.63, 3.8) is 0 Å². The van der Waals surface area contributed by atoms with Crippen LogP contribution in [0, 0.1) is 0 Å². The predicted octanol–water partition coefficient (Wildman–Crippen LogP) is 0.345. The fraction of sp³-hybridized carbons (Fsp3) is 0.188. The topological polar surface area (TPSA) is 110 Å². The first-order valence-corrected chi connectivity index (χ1v) is 7.24. The fourth-order valence-corrected chi connectivity index (χ4v) is 2.44. The lowest BCUT2D eigenvalue weighted by Crippen LogP contribution is -2.32. The van der Waals surface area contributed by atoms with Gasteiger partial charge in [0.25, 0.3) is 23.6 Å². The van der Waals surface area contributed by atoms with Crippen LogP contribution in [-0.2, 0) is 24.0 Å². The molecule has 1 aromatic rings. The Bertz CT molecular complexity index is 809. The molecule has 0 bridgehead atoms. The van der Waals surface area contributed by atoms with E-state index < -0.39 is 29.6 Å². The first-order valence-electron chi connectivity index (χ1n) is 7.24. The SMILES string of the molecule is COc1ccc(N2C(=O)C=CC2=O)cc1C(=O)ON1C(=O)CCC1=O. The van der Waals surface area contributed by atoms with E-state index in [1.54, 1.807) is 0 Å². The quantitative estimate of drug-likeness (QED) is 0.725. The highest BCUT2D eigenvalue weighted by molar-refractivity contribution is 6.28. The van der Waals surface area contributed by atoms with E-state index in [2.05, 4.69) is 0 Å². The molecule has 2 heterocycles. The summed E-state index contributed by atoms with van der Waals surface area (Å²) in [4.78, 5) is 64.7. The lowest BCUT2D eigenvalue weighted by Gasteiger charge is -2.17. The number of hydroxylamine groups is 2. The van der Waals surface area contributed by atoms with E-state index in [0.717, 1.165) is 17.1 Å². The molecule has 0 unspecified atom stereocenters. The molecule has 2 aliphatic heterocycles. The minimum absolute atomic E-state index is 0.0360. The third-order valence-corrected chi connectivity index (χ3v) is 3.65. The van der Waals surface area contributed by atoms with Gasteiger partial charge in [-0.05, 0) is 18.2 Å². The number of methoxy groups -OCH3 is 1. The van der Waals surface area contributed by atoms with Crippen LogP contribution in [0.5, 0.6) is 5.75 Å². The minimum atomic E-state index is -1.02. The molecule has 0 radical (unpaired) electrons. The Kier molecular flexibility index (Phi) is 4.05. The fourth-order valence-electron chi connectivity index (χ4n) is 2.44. The highest BCUT2D eigenvalue weighted by atomic mass is 16.7. The molecule has 128 valence electrons. The monoisotopic (exact) mass is 344 g/mol. The predicted molar refractivity (Wildman–Crippen MR) is 81.1 cm³/mol. The maximum Gasteiger partial charge on any atom is 0.367 e. The van der Waals surface area contributed by atoms with Crippen molar-refractivity contribution in [3.05, 3.63) is 35.9 Å². The normalized spacial score (nSPS) is 16.8. The van der Waals surface area contributed by atoms with E-state index >= 15 is 0 Å². The summed E-state index contributed by atoms with van der Waals surface area (Å²) in [5, 5.41) is 0.405. The first-order chi connectivity index (χ1) is 11.9. The Morgan fingerprint density at radius 2 is 1.60 bits per heavy atom. The molecule has 1 fully saturated rings.